The van der Waals surface area contributed by atoms with Gasteiger partial charge in [-0.2, -0.15) is 0 Å². The molecule has 0 saturated heterocycles. The van der Waals surface area contributed by atoms with E-state index >= 15 is 0 Å². The zero-order chi connectivity index (χ0) is 19.6. The lowest BCUT2D eigenvalue weighted by molar-refractivity contribution is 0.318. The van der Waals surface area contributed by atoms with E-state index in [9.17, 15) is 5.11 Å². The smallest absolute Gasteiger partial charge is 0.0922 e. The van der Waals surface area contributed by atoms with Crippen LogP contribution in [0.25, 0.3) is 10.8 Å². The standard InChI is InChI=1S/C26H25NOS/c1-16(28)26-13-19-11-20-15-27-23(18-7-8-18)12-21(20)25(24(19)22(26)14-26)29-10-9-17-5-3-2-4-6-17/h2-6,11-12,15,18,22,28H,1,7-10,13-14H2. The summed E-state index contributed by atoms with van der Waals surface area (Å²) in [5, 5.41) is 12.9. The number of hydrogen-bond donors (Lipinski definition) is 1. The van der Waals surface area contributed by atoms with Gasteiger partial charge < -0.3 is 5.11 Å². The molecule has 1 N–H and O–H groups in total. The van der Waals surface area contributed by atoms with Crippen molar-refractivity contribution < 1.29 is 5.11 Å². The van der Waals surface area contributed by atoms with E-state index in [4.69, 9.17) is 4.98 Å². The van der Waals surface area contributed by atoms with E-state index in [0.717, 1.165) is 25.0 Å². The third kappa shape index (κ3) is 2.82. The van der Waals surface area contributed by atoms with E-state index in [0.29, 0.717) is 17.6 Å². The molecule has 3 aliphatic rings. The molecule has 6 rings (SSSR count). The average molecular weight is 400 g/mol. The lowest BCUT2D eigenvalue weighted by atomic mass is 9.97. The highest BCUT2D eigenvalue weighted by Crippen LogP contribution is 2.71. The molecule has 2 aromatic carbocycles. The Bertz CT molecular complexity index is 1130. The first-order valence-corrected chi connectivity index (χ1v) is 11.6. The van der Waals surface area contributed by atoms with Gasteiger partial charge in [0.15, 0.2) is 0 Å². The molecule has 0 spiro atoms. The van der Waals surface area contributed by atoms with E-state index in [1.807, 2.05) is 11.8 Å². The van der Waals surface area contributed by atoms with Crippen LogP contribution in [0.2, 0.25) is 0 Å². The van der Waals surface area contributed by atoms with Crippen LogP contribution in [0.3, 0.4) is 0 Å². The molecule has 0 amide bonds. The number of benzene rings is 2. The Morgan fingerprint density at radius 1 is 1.21 bits per heavy atom. The second-order valence-corrected chi connectivity index (χ2v) is 10.1. The fraction of sp³-hybridized carbons (Fsp3) is 0.346. The first kappa shape index (κ1) is 17.6. The first-order chi connectivity index (χ1) is 14.2. The molecule has 3 heteroatoms. The van der Waals surface area contributed by atoms with Crippen molar-refractivity contribution in [2.75, 3.05) is 5.75 Å². The van der Waals surface area contributed by atoms with Crippen LogP contribution in [0, 0.1) is 5.41 Å². The molecule has 2 saturated carbocycles. The van der Waals surface area contributed by atoms with Gasteiger partial charge in [0, 0.05) is 39.3 Å². The van der Waals surface area contributed by atoms with Crippen molar-refractivity contribution >= 4 is 22.5 Å². The molecule has 1 aromatic heterocycles. The van der Waals surface area contributed by atoms with Gasteiger partial charge in [-0.25, -0.2) is 0 Å². The maximum absolute atomic E-state index is 10.3. The molecular weight excluding hydrogens is 374 g/mol. The van der Waals surface area contributed by atoms with Gasteiger partial charge in [0.2, 0.25) is 0 Å². The topological polar surface area (TPSA) is 33.1 Å². The summed E-state index contributed by atoms with van der Waals surface area (Å²) in [6.07, 6.45) is 7.67. The first-order valence-electron chi connectivity index (χ1n) is 10.7. The molecule has 2 atom stereocenters. The van der Waals surface area contributed by atoms with Crippen LogP contribution in [0.15, 0.2) is 65.9 Å². The molecule has 0 radical (unpaired) electrons. The molecular formula is C26H25NOS. The predicted octanol–water partition coefficient (Wildman–Crippen LogP) is 6.55. The van der Waals surface area contributed by atoms with E-state index in [2.05, 4.69) is 55.2 Å². The molecule has 2 nitrogen and oxygen atoms in total. The second-order valence-electron chi connectivity index (χ2n) is 9.00. The van der Waals surface area contributed by atoms with Gasteiger partial charge in [-0.15, -0.1) is 11.8 Å². The average Bonchev–Trinajstić information content (AvgIpc) is 3.65. The number of hydrogen-bond acceptors (Lipinski definition) is 3. The number of rotatable bonds is 6. The summed E-state index contributed by atoms with van der Waals surface area (Å²) < 4.78 is 0. The van der Waals surface area contributed by atoms with Crippen molar-refractivity contribution in [2.24, 2.45) is 5.41 Å². The van der Waals surface area contributed by atoms with Crippen molar-refractivity contribution in [3.05, 3.63) is 83.4 Å². The number of aryl methyl sites for hydroxylation is 1. The van der Waals surface area contributed by atoms with Gasteiger partial charge in [-0.1, -0.05) is 36.9 Å². The predicted molar refractivity (Wildman–Crippen MR) is 120 cm³/mol. The van der Waals surface area contributed by atoms with Crippen LogP contribution in [-0.2, 0) is 12.8 Å². The Morgan fingerprint density at radius 3 is 2.79 bits per heavy atom. The summed E-state index contributed by atoms with van der Waals surface area (Å²) in [4.78, 5) is 6.20. The fourth-order valence-electron chi connectivity index (χ4n) is 5.19. The van der Waals surface area contributed by atoms with Gasteiger partial charge in [0.1, 0.15) is 0 Å². The van der Waals surface area contributed by atoms with E-state index in [1.165, 1.54) is 50.9 Å². The number of nitrogens with zero attached hydrogens (tertiary/aromatic N) is 1. The van der Waals surface area contributed by atoms with Crippen molar-refractivity contribution in [3.8, 4) is 0 Å². The summed E-state index contributed by atoms with van der Waals surface area (Å²) >= 11 is 1.99. The summed E-state index contributed by atoms with van der Waals surface area (Å²) in [5.74, 6) is 2.54. The van der Waals surface area contributed by atoms with Gasteiger partial charge in [-0.3, -0.25) is 4.98 Å². The zero-order valence-corrected chi connectivity index (χ0v) is 17.3. The Morgan fingerprint density at radius 2 is 2.03 bits per heavy atom. The van der Waals surface area contributed by atoms with Gasteiger partial charge in [-0.05, 0) is 72.2 Å². The van der Waals surface area contributed by atoms with Crippen LogP contribution < -0.4 is 0 Å². The van der Waals surface area contributed by atoms with Gasteiger partial charge in [0.25, 0.3) is 0 Å². The third-order valence-corrected chi connectivity index (χ3v) is 8.24. The van der Waals surface area contributed by atoms with Crippen molar-refractivity contribution in [1.82, 2.24) is 4.98 Å². The second kappa shape index (κ2) is 6.37. The fourth-order valence-corrected chi connectivity index (χ4v) is 6.49. The molecule has 2 fully saturated rings. The molecule has 0 aliphatic heterocycles. The Hall–Kier alpha value is -2.26. The molecule has 0 bridgehead atoms. The maximum atomic E-state index is 10.3. The van der Waals surface area contributed by atoms with Crippen LogP contribution in [-0.4, -0.2) is 15.8 Å². The number of thioether (sulfide) groups is 1. The molecule has 29 heavy (non-hydrogen) atoms. The monoisotopic (exact) mass is 399 g/mol. The number of allylic oxidation sites excluding steroid dienone is 1. The summed E-state index contributed by atoms with van der Waals surface area (Å²) in [6, 6.07) is 15.4. The zero-order valence-electron chi connectivity index (χ0n) is 16.5. The largest absolute Gasteiger partial charge is 0.512 e. The number of aromatic nitrogens is 1. The lowest BCUT2D eigenvalue weighted by Crippen LogP contribution is -2.04. The molecule has 3 aromatic rings. The minimum absolute atomic E-state index is 0.0960. The van der Waals surface area contributed by atoms with Crippen molar-refractivity contribution in [3.63, 3.8) is 0 Å². The molecule has 2 unspecified atom stereocenters. The summed E-state index contributed by atoms with van der Waals surface area (Å²) in [7, 11) is 0. The summed E-state index contributed by atoms with van der Waals surface area (Å²) in [6.45, 7) is 3.92. The van der Waals surface area contributed by atoms with Crippen LogP contribution in [0.5, 0.6) is 0 Å². The maximum Gasteiger partial charge on any atom is 0.0922 e. The lowest BCUT2D eigenvalue weighted by Gasteiger charge is -2.15. The van der Waals surface area contributed by atoms with E-state index in [1.54, 1.807) is 0 Å². The normalized spacial score (nSPS) is 24.3. The Labute approximate surface area is 176 Å². The Kier molecular flexibility index (Phi) is 3.86. The highest BCUT2D eigenvalue weighted by Gasteiger charge is 2.62. The van der Waals surface area contributed by atoms with E-state index in [-0.39, 0.29) is 5.41 Å². The highest BCUT2D eigenvalue weighted by atomic mass is 32.2. The number of pyridine rings is 1. The van der Waals surface area contributed by atoms with Crippen molar-refractivity contribution in [1.29, 1.82) is 0 Å². The highest BCUT2D eigenvalue weighted by molar-refractivity contribution is 7.99. The van der Waals surface area contributed by atoms with Gasteiger partial charge in [0.05, 0.1) is 5.76 Å². The van der Waals surface area contributed by atoms with E-state index < -0.39 is 0 Å². The molecule has 146 valence electrons. The molecule has 1 heterocycles. The van der Waals surface area contributed by atoms with Crippen molar-refractivity contribution in [2.45, 2.75) is 48.8 Å². The quantitative estimate of drug-likeness (QED) is 0.377. The van der Waals surface area contributed by atoms with Crippen LogP contribution >= 0.6 is 11.8 Å². The van der Waals surface area contributed by atoms with Gasteiger partial charge >= 0.3 is 0 Å². The summed E-state index contributed by atoms with van der Waals surface area (Å²) in [5.41, 5.74) is 5.43. The minimum Gasteiger partial charge on any atom is -0.512 e. The Balaban J connectivity index is 1.41. The van der Waals surface area contributed by atoms with Crippen LogP contribution in [0.4, 0.5) is 0 Å². The number of aliphatic hydroxyl groups excluding tert-OH is 1. The SMILES string of the molecule is C=C(O)C12Cc3cc4cnc(C5CC5)cc4c(SCCc4ccccc4)c3C1C2. The number of aliphatic hydroxyl groups is 1. The number of fused-ring (bicyclic) bond motifs is 4. The molecule has 3 aliphatic carbocycles. The van der Waals surface area contributed by atoms with Crippen LogP contribution in [0.1, 0.15) is 53.5 Å². The minimum atomic E-state index is -0.0960. The third-order valence-electron chi connectivity index (χ3n) is 7.10.